The van der Waals surface area contributed by atoms with Crippen LogP contribution < -0.4 is 5.32 Å². The number of rotatable bonds is 7. The molecule has 0 aliphatic heterocycles. The van der Waals surface area contributed by atoms with E-state index in [-0.39, 0.29) is 5.91 Å². The molecule has 1 aliphatic carbocycles. The zero-order chi connectivity index (χ0) is 19.9. The molecule has 0 bridgehead atoms. The number of carbonyl (C=O) groups is 1. The van der Waals surface area contributed by atoms with E-state index in [0.717, 1.165) is 35.4 Å². The van der Waals surface area contributed by atoms with Crippen LogP contribution in [0.15, 0.2) is 41.0 Å². The van der Waals surface area contributed by atoms with Gasteiger partial charge in [0.05, 0.1) is 17.6 Å². The largest absolute Gasteiger partial charge is 0.341 e. The van der Waals surface area contributed by atoms with E-state index in [0.29, 0.717) is 24.8 Å². The molecule has 1 aromatic heterocycles. The monoisotopic (exact) mass is 381 g/mol. The van der Waals surface area contributed by atoms with Gasteiger partial charge in [0.25, 0.3) is 5.91 Å². The van der Waals surface area contributed by atoms with Crippen LogP contribution in [0.1, 0.15) is 51.8 Å². The lowest BCUT2D eigenvalue weighted by Gasteiger charge is -2.31. The highest BCUT2D eigenvalue weighted by molar-refractivity contribution is 6.38. The van der Waals surface area contributed by atoms with Gasteiger partial charge in [0.2, 0.25) is 0 Å². The van der Waals surface area contributed by atoms with Crippen LogP contribution in [0, 0.1) is 0 Å². The van der Waals surface area contributed by atoms with Gasteiger partial charge in [-0.05, 0) is 44.9 Å². The lowest BCUT2D eigenvalue weighted by molar-refractivity contribution is -0.125. The predicted octanol–water partition coefficient (Wildman–Crippen LogP) is 3.81. The number of aromatic nitrogens is 2. The van der Waals surface area contributed by atoms with Crippen molar-refractivity contribution in [1.82, 2.24) is 20.2 Å². The zero-order valence-corrected chi connectivity index (χ0v) is 17.2. The van der Waals surface area contributed by atoms with Crippen molar-refractivity contribution in [3.63, 3.8) is 0 Å². The highest BCUT2D eigenvalue weighted by Gasteiger charge is 2.23. The second kappa shape index (κ2) is 9.64. The molecule has 1 fully saturated rings. The molecule has 6 heteroatoms. The number of nitrogens with one attached hydrogen (secondary N) is 2. The smallest absolute Gasteiger partial charge is 0.267 e. The molecule has 1 amide bonds. The van der Waals surface area contributed by atoms with Crippen LogP contribution in [0.2, 0.25) is 0 Å². The van der Waals surface area contributed by atoms with E-state index in [9.17, 15) is 4.79 Å². The first kappa shape index (κ1) is 20.3. The van der Waals surface area contributed by atoms with E-state index >= 15 is 0 Å². The molecular formula is C22H31N5O. The Morgan fingerprint density at radius 3 is 2.79 bits per heavy atom. The van der Waals surface area contributed by atoms with Crippen LogP contribution in [-0.4, -0.2) is 46.1 Å². The second-order valence-corrected chi connectivity index (χ2v) is 7.58. The van der Waals surface area contributed by atoms with Crippen LogP contribution >= 0.6 is 0 Å². The van der Waals surface area contributed by atoms with Crippen LogP contribution in [-0.2, 0) is 11.3 Å². The molecule has 2 aromatic rings. The third-order valence-electron chi connectivity index (χ3n) is 5.37. The number of para-hydroxylation sites is 2. The van der Waals surface area contributed by atoms with Gasteiger partial charge < -0.3 is 15.2 Å². The number of hydrogen-bond donors (Lipinski definition) is 2. The minimum Gasteiger partial charge on any atom is -0.341 e. The van der Waals surface area contributed by atoms with Gasteiger partial charge >= 0.3 is 0 Å². The molecule has 1 aliphatic rings. The summed E-state index contributed by atoms with van der Waals surface area (Å²) in [6, 6.07) is 8.37. The lowest BCUT2D eigenvalue weighted by Crippen LogP contribution is -2.41. The molecule has 0 unspecified atom stereocenters. The molecule has 150 valence electrons. The van der Waals surface area contributed by atoms with E-state index in [4.69, 9.17) is 0 Å². The van der Waals surface area contributed by atoms with Gasteiger partial charge in [0, 0.05) is 25.3 Å². The van der Waals surface area contributed by atoms with Crippen molar-refractivity contribution in [3.8, 4) is 0 Å². The summed E-state index contributed by atoms with van der Waals surface area (Å²) in [6.45, 7) is 5.07. The van der Waals surface area contributed by atoms with Crippen LogP contribution in [0.3, 0.4) is 0 Å². The Kier molecular flexibility index (Phi) is 6.98. The average molecular weight is 382 g/mol. The fourth-order valence-electron chi connectivity index (χ4n) is 3.75. The summed E-state index contributed by atoms with van der Waals surface area (Å²) in [5.41, 5.74) is 3.43. The zero-order valence-electron chi connectivity index (χ0n) is 17.2. The summed E-state index contributed by atoms with van der Waals surface area (Å²) >= 11 is 0. The normalized spacial score (nSPS) is 16.5. The van der Waals surface area contributed by atoms with Crippen molar-refractivity contribution in [2.75, 3.05) is 13.6 Å². The minimum atomic E-state index is 0.0369. The number of benzene rings is 1. The van der Waals surface area contributed by atoms with Gasteiger partial charge in [-0.2, -0.15) is 0 Å². The minimum absolute atomic E-state index is 0.0369. The van der Waals surface area contributed by atoms with Crippen LogP contribution in [0.4, 0.5) is 0 Å². The summed E-state index contributed by atoms with van der Waals surface area (Å²) in [7, 11) is 1.91. The fraction of sp³-hybridized carbons (Fsp3) is 0.500. The standard InChI is InChI=1S/C22H31N5O/c1-16(24-17(2)22(28)27(3)18-9-5-4-6-10-18)13-14-23-15-21-25-19-11-7-8-12-20(19)26-21/h7-8,11-13,18,23H,4-6,9-10,14-15H2,1-3H3,(H,25,26)/b16-13-,24-17?. The van der Waals surface area contributed by atoms with Crippen LogP contribution in [0.5, 0.6) is 0 Å². The Labute approximate surface area is 167 Å². The van der Waals surface area contributed by atoms with Gasteiger partial charge in [-0.1, -0.05) is 31.4 Å². The Balaban J connectivity index is 1.48. The van der Waals surface area contributed by atoms with E-state index in [2.05, 4.69) is 20.3 Å². The van der Waals surface area contributed by atoms with Gasteiger partial charge in [0.1, 0.15) is 11.5 Å². The molecule has 0 spiro atoms. The van der Waals surface area contributed by atoms with E-state index in [1.54, 1.807) is 6.92 Å². The van der Waals surface area contributed by atoms with Crippen LogP contribution in [0.25, 0.3) is 11.0 Å². The third-order valence-corrected chi connectivity index (χ3v) is 5.37. The molecule has 6 nitrogen and oxygen atoms in total. The lowest BCUT2D eigenvalue weighted by atomic mass is 9.94. The number of allylic oxidation sites excluding steroid dienone is 1. The molecule has 28 heavy (non-hydrogen) atoms. The predicted molar refractivity (Wildman–Crippen MR) is 114 cm³/mol. The Morgan fingerprint density at radius 2 is 2.04 bits per heavy atom. The number of aromatic amines is 1. The average Bonchev–Trinajstić information content (AvgIpc) is 3.13. The summed E-state index contributed by atoms with van der Waals surface area (Å²) in [6.07, 6.45) is 7.93. The summed E-state index contributed by atoms with van der Waals surface area (Å²) in [4.78, 5) is 26.8. The maximum atomic E-state index is 12.6. The molecule has 0 radical (unpaired) electrons. The third kappa shape index (κ3) is 5.29. The molecule has 3 rings (SSSR count). The first-order valence-corrected chi connectivity index (χ1v) is 10.2. The number of hydrogen-bond acceptors (Lipinski definition) is 4. The van der Waals surface area contributed by atoms with Crippen molar-refractivity contribution in [2.45, 2.75) is 58.5 Å². The Morgan fingerprint density at radius 1 is 1.29 bits per heavy atom. The number of H-pyrrole nitrogens is 1. The second-order valence-electron chi connectivity index (χ2n) is 7.58. The highest BCUT2D eigenvalue weighted by atomic mass is 16.2. The van der Waals surface area contributed by atoms with Crippen molar-refractivity contribution in [1.29, 1.82) is 0 Å². The van der Waals surface area contributed by atoms with Crippen molar-refractivity contribution >= 4 is 22.7 Å². The Hall–Kier alpha value is -2.47. The van der Waals surface area contributed by atoms with Gasteiger partial charge in [-0.15, -0.1) is 0 Å². The summed E-state index contributed by atoms with van der Waals surface area (Å²) in [5.74, 6) is 0.950. The first-order valence-electron chi connectivity index (χ1n) is 10.2. The number of fused-ring (bicyclic) bond motifs is 1. The number of nitrogens with zero attached hydrogens (tertiary/aromatic N) is 3. The quantitative estimate of drug-likeness (QED) is 0.566. The van der Waals surface area contributed by atoms with Gasteiger partial charge in [-0.25, -0.2) is 4.98 Å². The molecule has 0 saturated heterocycles. The SMILES string of the molecule is CC(=N/C(C)=C\CNCc1nc2ccccc2[nH]1)C(=O)N(C)C1CCCCC1. The number of carbonyl (C=O) groups excluding carboxylic acids is 1. The number of imidazole rings is 1. The van der Waals surface area contributed by atoms with E-state index < -0.39 is 0 Å². The van der Waals surface area contributed by atoms with Gasteiger partial charge in [-0.3, -0.25) is 9.79 Å². The molecule has 0 atom stereocenters. The molecule has 1 heterocycles. The van der Waals surface area contributed by atoms with Crippen molar-refractivity contribution < 1.29 is 4.79 Å². The molecule has 2 N–H and O–H groups in total. The van der Waals surface area contributed by atoms with E-state index in [1.165, 1.54) is 19.3 Å². The van der Waals surface area contributed by atoms with Gasteiger partial charge in [0.15, 0.2) is 0 Å². The number of amides is 1. The molecule has 1 saturated carbocycles. The van der Waals surface area contributed by atoms with Crippen molar-refractivity contribution in [3.05, 3.63) is 41.9 Å². The van der Waals surface area contributed by atoms with E-state index in [1.807, 2.05) is 49.2 Å². The maximum Gasteiger partial charge on any atom is 0.267 e. The molecular weight excluding hydrogens is 350 g/mol. The summed E-state index contributed by atoms with van der Waals surface area (Å²) in [5, 5.41) is 3.34. The fourth-order valence-corrected chi connectivity index (χ4v) is 3.75. The highest BCUT2D eigenvalue weighted by Crippen LogP contribution is 2.21. The molecule has 1 aromatic carbocycles. The summed E-state index contributed by atoms with van der Waals surface area (Å²) < 4.78 is 0. The Bertz CT molecular complexity index is 828. The topological polar surface area (TPSA) is 73.4 Å². The first-order chi connectivity index (χ1) is 13.5. The number of aliphatic imine (C=N–C) groups is 1. The van der Waals surface area contributed by atoms with Crippen molar-refractivity contribution in [2.24, 2.45) is 4.99 Å². The maximum absolute atomic E-state index is 12.6.